The molecule has 2 unspecified atom stereocenters. The van der Waals surface area contributed by atoms with Crippen molar-refractivity contribution in [2.75, 3.05) is 0 Å². The van der Waals surface area contributed by atoms with E-state index in [-0.39, 0.29) is 0 Å². The third kappa shape index (κ3) is 2.40. The molecule has 0 bridgehead atoms. The van der Waals surface area contributed by atoms with Crippen LogP contribution in [0.4, 0.5) is 0 Å². The first kappa shape index (κ1) is 10.7. The summed E-state index contributed by atoms with van der Waals surface area (Å²) in [4.78, 5) is 0. The first-order valence-electron chi connectivity index (χ1n) is 5.82. The van der Waals surface area contributed by atoms with E-state index in [2.05, 4.69) is 12.0 Å². The Hall–Kier alpha value is -0.830. The van der Waals surface area contributed by atoms with Crippen LogP contribution in [0.2, 0.25) is 0 Å². The topological polar surface area (TPSA) is 38.0 Å². The average molecular weight is 208 g/mol. The van der Waals surface area contributed by atoms with Crippen LogP contribution in [0, 0.1) is 5.92 Å². The van der Waals surface area contributed by atoms with Crippen LogP contribution < -0.4 is 0 Å². The number of rotatable bonds is 3. The second kappa shape index (κ2) is 3.97. The largest absolute Gasteiger partial charge is 0.389 e. The number of hydrogen-bond acceptors (Lipinski definition) is 2. The Labute approximate surface area is 91.1 Å². The van der Waals surface area contributed by atoms with Gasteiger partial charge in [-0.2, -0.15) is 5.10 Å². The summed E-state index contributed by atoms with van der Waals surface area (Å²) in [6.07, 6.45) is 6.88. The maximum atomic E-state index is 10.4. The molecule has 2 atom stereocenters. The van der Waals surface area contributed by atoms with Gasteiger partial charge in [-0.05, 0) is 31.2 Å². The predicted molar refractivity (Wildman–Crippen MR) is 59.5 cm³/mol. The van der Waals surface area contributed by atoms with Gasteiger partial charge in [-0.25, -0.2) is 0 Å². The molecule has 0 saturated heterocycles. The Morgan fingerprint density at radius 1 is 1.67 bits per heavy atom. The SMILES string of the molecule is CCC1CCC(O)(Cc2ccn(C)n2)C1. The molecule has 3 nitrogen and oxygen atoms in total. The highest BCUT2D eigenvalue weighted by Gasteiger charge is 2.36. The standard InChI is InChI=1S/C12H20N2O/c1-3-10-4-6-12(15,8-10)9-11-5-7-14(2)13-11/h5,7,10,15H,3-4,6,8-9H2,1-2H3. The van der Waals surface area contributed by atoms with E-state index in [0.717, 1.165) is 18.5 Å². The van der Waals surface area contributed by atoms with Gasteiger partial charge in [-0.15, -0.1) is 0 Å². The van der Waals surface area contributed by atoms with E-state index >= 15 is 0 Å². The lowest BCUT2D eigenvalue weighted by molar-refractivity contribution is 0.0426. The molecule has 1 aliphatic rings. The molecule has 84 valence electrons. The van der Waals surface area contributed by atoms with E-state index in [1.165, 1.54) is 12.8 Å². The lowest BCUT2D eigenvalue weighted by Gasteiger charge is -2.21. The van der Waals surface area contributed by atoms with Crippen molar-refractivity contribution in [2.45, 2.75) is 44.6 Å². The highest BCUT2D eigenvalue weighted by molar-refractivity contribution is 5.05. The Balaban J connectivity index is 2.00. The monoisotopic (exact) mass is 208 g/mol. The van der Waals surface area contributed by atoms with Gasteiger partial charge in [0.1, 0.15) is 0 Å². The van der Waals surface area contributed by atoms with Crippen molar-refractivity contribution in [3.63, 3.8) is 0 Å². The Bertz CT molecular complexity index is 334. The van der Waals surface area contributed by atoms with Crippen molar-refractivity contribution in [3.05, 3.63) is 18.0 Å². The van der Waals surface area contributed by atoms with E-state index in [1.807, 2.05) is 19.3 Å². The average Bonchev–Trinajstić information content (AvgIpc) is 2.74. The first-order chi connectivity index (χ1) is 7.11. The number of hydrogen-bond donors (Lipinski definition) is 1. The molecule has 0 amide bonds. The lowest BCUT2D eigenvalue weighted by atomic mass is 9.94. The zero-order valence-corrected chi connectivity index (χ0v) is 9.61. The molecule has 1 aromatic rings. The number of nitrogens with zero attached hydrogens (tertiary/aromatic N) is 2. The van der Waals surface area contributed by atoms with Crippen LogP contribution in [-0.4, -0.2) is 20.5 Å². The van der Waals surface area contributed by atoms with Gasteiger partial charge in [0.25, 0.3) is 0 Å². The summed E-state index contributed by atoms with van der Waals surface area (Å²) in [5, 5.41) is 14.7. The molecule has 0 aromatic carbocycles. The summed E-state index contributed by atoms with van der Waals surface area (Å²) < 4.78 is 1.80. The molecular formula is C12H20N2O. The maximum Gasteiger partial charge on any atom is 0.0706 e. The molecule has 0 spiro atoms. The first-order valence-corrected chi connectivity index (χ1v) is 5.82. The van der Waals surface area contributed by atoms with E-state index in [9.17, 15) is 5.11 Å². The van der Waals surface area contributed by atoms with Crippen LogP contribution in [0.5, 0.6) is 0 Å². The molecule has 0 radical (unpaired) electrons. The van der Waals surface area contributed by atoms with Gasteiger partial charge < -0.3 is 5.11 Å². The van der Waals surface area contributed by atoms with Crippen LogP contribution in [-0.2, 0) is 13.5 Å². The number of aliphatic hydroxyl groups is 1. The van der Waals surface area contributed by atoms with E-state index in [0.29, 0.717) is 12.3 Å². The normalized spacial score (nSPS) is 31.0. The molecule has 0 aliphatic heterocycles. The molecule has 1 fully saturated rings. The molecule has 2 rings (SSSR count). The second-order valence-electron chi connectivity index (χ2n) is 4.90. The fourth-order valence-electron chi connectivity index (χ4n) is 2.62. The van der Waals surface area contributed by atoms with Crippen molar-refractivity contribution in [1.29, 1.82) is 0 Å². The summed E-state index contributed by atoms with van der Waals surface area (Å²) in [6.45, 7) is 2.21. The summed E-state index contributed by atoms with van der Waals surface area (Å²) >= 11 is 0. The van der Waals surface area contributed by atoms with Crippen molar-refractivity contribution in [1.82, 2.24) is 9.78 Å². The van der Waals surface area contributed by atoms with Crippen molar-refractivity contribution >= 4 is 0 Å². The van der Waals surface area contributed by atoms with E-state index in [4.69, 9.17) is 0 Å². The fraction of sp³-hybridized carbons (Fsp3) is 0.750. The van der Waals surface area contributed by atoms with Crippen LogP contribution in [0.15, 0.2) is 12.3 Å². The zero-order valence-electron chi connectivity index (χ0n) is 9.61. The summed E-state index contributed by atoms with van der Waals surface area (Å²) in [7, 11) is 1.91. The van der Waals surface area contributed by atoms with E-state index < -0.39 is 5.60 Å². The number of aromatic nitrogens is 2. The number of aryl methyl sites for hydroxylation is 1. The van der Waals surface area contributed by atoms with Crippen molar-refractivity contribution in [3.8, 4) is 0 Å². The minimum atomic E-state index is -0.491. The van der Waals surface area contributed by atoms with Gasteiger partial charge in [-0.3, -0.25) is 4.68 Å². The highest BCUT2D eigenvalue weighted by atomic mass is 16.3. The molecule has 1 heterocycles. The Morgan fingerprint density at radius 2 is 2.47 bits per heavy atom. The van der Waals surface area contributed by atoms with Gasteiger partial charge in [0.2, 0.25) is 0 Å². The fourth-order valence-corrected chi connectivity index (χ4v) is 2.62. The van der Waals surface area contributed by atoms with Crippen molar-refractivity contribution in [2.24, 2.45) is 13.0 Å². The smallest absolute Gasteiger partial charge is 0.0706 e. The second-order valence-corrected chi connectivity index (χ2v) is 4.90. The summed E-state index contributed by atoms with van der Waals surface area (Å²) in [6, 6.07) is 2.00. The van der Waals surface area contributed by atoms with Gasteiger partial charge >= 0.3 is 0 Å². The lowest BCUT2D eigenvalue weighted by Crippen LogP contribution is -2.28. The summed E-state index contributed by atoms with van der Waals surface area (Å²) in [5.74, 6) is 0.707. The quantitative estimate of drug-likeness (QED) is 0.824. The summed E-state index contributed by atoms with van der Waals surface area (Å²) in [5.41, 5.74) is 0.520. The molecule has 1 aliphatic carbocycles. The molecule has 3 heteroatoms. The van der Waals surface area contributed by atoms with Gasteiger partial charge in [0.05, 0.1) is 11.3 Å². The zero-order chi connectivity index (χ0) is 10.9. The minimum absolute atomic E-state index is 0.491. The van der Waals surface area contributed by atoms with Crippen LogP contribution in [0.1, 0.15) is 38.3 Å². The molecule has 1 aromatic heterocycles. The third-order valence-corrected chi connectivity index (χ3v) is 3.54. The predicted octanol–water partition coefficient (Wildman–Crippen LogP) is 1.90. The highest BCUT2D eigenvalue weighted by Crippen LogP contribution is 2.38. The minimum Gasteiger partial charge on any atom is -0.389 e. The maximum absolute atomic E-state index is 10.4. The van der Waals surface area contributed by atoms with Crippen molar-refractivity contribution < 1.29 is 5.11 Å². The van der Waals surface area contributed by atoms with Gasteiger partial charge in [-0.1, -0.05) is 13.3 Å². The molecular weight excluding hydrogens is 188 g/mol. The third-order valence-electron chi connectivity index (χ3n) is 3.54. The Morgan fingerprint density at radius 3 is 3.00 bits per heavy atom. The molecule has 1 N–H and O–H groups in total. The molecule has 1 saturated carbocycles. The van der Waals surface area contributed by atoms with Crippen LogP contribution in [0.3, 0.4) is 0 Å². The van der Waals surface area contributed by atoms with Crippen LogP contribution >= 0.6 is 0 Å². The van der Waals surface area contributed by atoms with Gasteiger partial charge in [0.15, 0.2) is 0 Å². The molecule has 15 heavy (non-hydrogen) atoms. The van der Waals surface area contributed by atoms with Gasteiger partial charge in [0, 0.05) is 19.7 Å². The Kier molecular flexibility index (Phi) is 2.83. The van der Waals surface area contributed by atoms with Crippen LogP contribution in [0.25, 0.3) is 0 Å². The van der Waals surface area contributed by atoms with E-state index in [1.54, 1.807) is 4.68 Å².